The number of thioether (sulfide) groups is 1. The van der Waals surface area contributed by atoms with Crippen LogP contribution in [0.5, 0.6) is 0 Å². The minimum absolute atomic E-state index is 0.222. The second-order valence-electron chi connectivity index (χ2n) is 5.46. The van der Waals surface area contributed by atoms with Crippen LogP contribution in [-0.4, -0.2) is 17.3 Å². The Kier molecular flexibility index (Phi) is 3.70. The van der Waals surface area contributed by atoms with Crippen LogP contribution in [-0.2, 0) is 0 Å². The van der Waals surface area contributed by atoms with E-state index in [4.69, 9.17) is 0 Å². The zero-order chi connectivity index (χ0) is 16.5. The molecule has 2 N–H and O–H groups in total. The number of rotatable bonds is 2. The number of carbonyl (C=O) groups excluding carboxylic acids is 1. The van der Waals surface area contributed by atoms with E-state index >= 15 is 0 Å². The summed E-state index contributed by atoms with van der Waals surface area (Å²) < 4.78 is 0. The first-order valence-corrected chi connectivity index (χ1v) is 8.78. The summed E-state index contributed by atoms with van der Waals surface area (Å²) in [5.74, 6) is 0. The Morgan fingerprint density at radius 3 is 2.46 bits per heavy atom. The smallest absolute Gasteiger partial charge is 0.307 e. The molecule has 5 heteroatoms. The number of nitrogens with zero attached hydrogens (tertiary/aromatic N) is 1. The van der Waals surface area contributed by atoms with Crippen molar-refractivity contribution in [3.05, 3.63) is 60.9 Å². The molecular weight excluding hydrogens is 318 g/mol. The van der Waals surface area contributed by atoms with Crippen LogP contribution in [0.2, 0.25) is 0 Å². The van der Waals surface area contributed by atoms with Crippen molar-refractivity contribution in [3.8, 4) is 22.3 Å². The Morgan fingerprint density at radius 1 is 0.917 bits per heavy atom. The highest BCUT2D eigenvalue weighted by Gasteiger charge is 2.22. The molecular formula is C19H15N3OS. The quantitative estimate of drug-likeness (QED) is 0.642. The van der Waals surface area contributed by atoms with Crippen molar-refractivity contribution in [2.45, 2.75) is 4.90 Å². The van der Waals surface area contributed by atoms with Gasteiger partial charge in [-0.3, -0.25) is 4.98 Å². The van der Waals surface area contributed by atoms with Gasteiger partial charge in [-0.2, -0.15) is 0 Å². The molecule has 24 heavy (non-hydrogen) atoms. The van der Waals surface area contributed by atoms with Crippen LogP contribution in [0.1, 0.15) is 0 Å². The number of carbonyl (C=O) groups is 1. The van der Waals surface area contributed by atoms with E-state index in [2.05, 4.69) is 21.7 Å². The van der Waals surface area contributed by atoms with Crippen LogP contribution in [0, 0.1) is 0 Å². The molecule has 0 saturated carbocycles. The summed E-state index contributed by atoms with van der Waals surface area (Å²) >= 11 is 1.65. The molecule has 1 aromatic heterocycles. The van der Waals surface area contributed by atoms with Crippen LogP contribution in [0.3, 0.4) is 0 Å². The SMILES string of the molecule is CSc1cc2c(c(-c3ccncc3)c1)-c1ccccc1NC(=O)N2. The van der Waals surface area contributed by atoms with Gasteiger partial charge in [0, 0.05) is 28.4 Å². The van der Waals surface area contributed by atoms with Gasteiger partial charge in [-0.05, 0) is 47.7 Å². The monoisotopic (exact) mass is 333 g/mol. The Morgan fingerprint density at radius 2 is 1.67 bits per heavy atom. The Balaban J connectivity index is 2.07. The van der Waals surface area contributed by atoms with E-state index in [1.54, 1.807) is 24.2 Å². The molecule has 0 radical (unpaired) electrons. The second-order valence-corrected chi connectivity index (χ2v) is 6.34. The van der Waals surface area contributed by atoms with Gasteiger partial charge in [-0.15, -0.1) is 11.8 Å². The van der Waals surface area contributed by atoms with Crippen molar-refractivity contribution in [3.63, 3.8) is 0 Å². The maximum atomic E-state index is 12.2. The average molecular weight is 333 g/mol. The fourth-order valence-corrected chi connectivity index (χ4v) is 3.44. The van der Waals surface area contributed by atoms with Gasteiger partial charge < -0.3 is 10.6 Å². The predicted molar refractivity (Wildman–Crippen MR) is 99.5 cm³/mol. The van der Waals surface area contributed by atoms with E-state index in [1.165, 1.54) is 0 Å². The number of benzene rings is 2. The number of urea groups is 1. The lowest BCUT2D eigenvalue weighted by Gasteiger charge is -2.16. The molecule has 4 nitrogen and oxygen atoms in total. The first kappa shape index (κ1) is 14.8. The topological polar surface area (TPSA) is 54.0 Å². The molecule has 1 aliphatic heterocycles. The standard InChI is InChI=1S/C19H15N3OS/c1-24-13-10-15(12-6-8-20-9-7-12)18-14-4-2-3-5-16(14)21-19(23)22-17(18)11-13/h2-11H,1H3,(H2,21,22,23). The highest BCUT2D eigenvalue weighted by Crippen LogP contribution is 2.44. The Labute approximate surface area is 144 Å². The third-order valence-electron chi connectivity index (χ3n) is 4.03. The zero-order valence-corrected chi connectivity index (χ0v) is 13.9. The number of para-hydroxylation sites is 1. The lowest BCUT2D eigenvalue weighted by molar-refractivity contribution is 0.262. The molecule has 2 amide bonds. The van der Waals surface area contributed by atoms with Gasteiger partial charge in [0.25, 0.3) is 0 Å². The molecule has 4 rings (SSSR count). The van der Waals surface area contributed by atoms with E-state index in [0.29, 0.717) is 0 Å². The van der Waals surface area contributed by atoms with E-state index in [9.17, 15) is 4.79 Å². The van der Waals surface area contributed by atoms with E-state index in [1.807, 2.05) is 48.7 Å². The third-order valence-corrected chi connectivity index (χ3v) is 4.74. The van der Waals surface area contributed by atoms with Gasteiger partial charge in [0.2, 0.25) is 0 Å². The summed E-state index contributed by atoms with van der Waals surface area (Å²) in [7, 11) is 0. The molecule has 0 saturated heterocycles. The summed E-state index contributed by atoms with van der Waals surface area (Å²) in [6.07, 6.45) is 5.60. The predicted octanol–water partition coefficient (Wildman–Crippen LogP) is 5.09. The largest absolute Gasteiger partial charge is 0.323 e. The van der Waals surface area contributed by atoms with Crippen molar-refractivity contribution in [1.82, 2.24) is 4.98 Å². The third kappa shape index (κ3) is 2.53. The number of hydrogen-bond acceptors (Lipinski definition) is 3. The first-order valence-electron chi connectivity index (χ1n) is 7.56. The normalized spacial score (nSPS) is 12.5. The van der Waals surface area contributed by atoms with E-state index in [-0.39, 0.29) is 6.03 Å². The van der Waals surface area contributed by atoms with Crippen LogP contribution < -0.4 is 10.6 Å². The number of pyridine rings is 1. The Hall–Kier alpha value is -2.79. The van der Waals surface area contributed by atoms with Gasteiger partial charge in [0.15, 0.2) is 0 Å². The molecule has 118 valence electrons. The van der Waals surface area contributed by atoms with Crippen LogP contribution >= 0.6 is 11.8 Å². The van der Waals surface area contributed by atoms with Gasteiger partial charge >= 0.3 is 6.03 Å². The maximum absolute atomic E-state index is 12.2. The molecule has 0 atom stereocenters. The molecule has 0 spiro atoms. The maximum Gasteiger partial charge on any atom is 0.323 e. The highest BCUT2D eigenvalue weighted by atomic mass is 32.2. The molecule has 1 aliphatic rings. The minimum atomic E-state index is -0.222. The number of anilines is 2. The summed E-state index contributed by atoms with van der Waals surface area (Å²) in [5.41, 5.74) is 5.80. The molecule has 0 bridgehead atoms. The average Bonchev–Trinajstić information content (AvgIpc) is 2.76. The van der Waals surface area contributed by atoms with Gasteiger partial charge in [-0.25, -0.2) is 4.79 Å². The number of amides is 2. The first-order chi connectivity index (χ1) is 11.8. The van der Waals surface area contributed by atoms with E-state index < -0.39 is 0 Å². The number of aromatic nitrogens is 1. The molecule has 0 aliphatic carbocycles. The number of hydrogen-bond donors (Lipinski definition) is 2. The molecule has 3 aromatic rings. The van der Waals surface area contributed by atoms with Crippen molar-refractivity contribution in [2.24, 2.45) is 0 Å². The zero-order valence-electron chi connectivity index (χ0n) is 13.0. The van der Waals surface area contributed by atoms with Crippen LogP contribution in [0.4, 0.5) is 16.2 Å². The number of nitrogens with one attached hydrogen (secondary N) is 2. The van der Waals surface area contributed by atoms with Crippen molar-refractivity contribution in [2.75, 3.05) is 16.9 Å². The molecule has 0 unspecified atom stereocenters. The summed E-state index contributed by atoms with van der Waals surface area (Å²) in [6.45, 7) is 0. The summed E-state index contributed by atoms with van der Waals surface area (Å²) in [6, 6.07) is 15.8. The second kappa shape index (κ2) is 6.02. The van der Waals surface area contributed by atoms with Crippen molar-refractivity contribution < 1.29 is 4.79 Å². The van der Waals surface area contributed by atoms with Crippen LogP contribution in [0.25, 0.3) is 22.3 Å². The van der Waals surface area contributed by atoms with Crippen LogP contribution in [0.15, 0.2) is 65.8 Å². The lowest BCUT2D eigenvalue weighted by Crippen LogP contribution is -2.17. The number of fused-ring (bicyclic) bond motifs is 3. The summed E-state index contributed by atoms with van der Waals surface area (Å²) in [5, 5.41) is 5.89. The van der Waals surface area contributed by atoms with Crippen molar-refractivity contribution >= 4 is 29.2 Å². The fraction of sp³-hybridized carbons (Fsp3) is 0.0526. The highest BCUT2D eigenvalue weighted by molar-refractivity contribution is 7.98. The van der Waals surface area contributed by atoms with E-state index in [0.717, 1.165) is 38.5 Å². The summed E-state index contributed by atoms with van der Waals surface area (Å²) in [4.78, 5) is 17.4. The minimum Gasteiger partial charge on any atom is -0.307 e. The van der Waals surface area contributed by atoms with Gasteiger partial charge in [-0.1, -0.05) is 18.2 Å². The lowest BCUT2D eigenvalue weighted by atomic mass is 9.92. The molecule has 2 aromatic carbocycles. The van der Waals surface area contributed by atoms with Crippen molar-refractivity contribution in [1.29, 1.82) is 0 Å². The van der Waals surface area contributed by atoms with Gasteiger partial charge in [0.1, 0.15) is 0 Å². The fourth-order valence-electron chi connectivity index (χ4n) is 2.97. The Bertz CT molecular complexity index is 925. The molecule has 2 heterocycles. The molecule has 0 fully saturated rings. The van der Waals surface area contributed by atoms with Gasteiger partial charge in [0.05, 0.1) is 11.4 Å².